The molecule has 18 heavy (non-hydrogen) atoms. The Kier molecular flexibility index (Phi) is 5.03. The summed E-state index contributed by atoms with van der Waals surface area (Å²) in [7, 11) is 1.97. The summed E-state index contributed by atoms with van der Waals surface area (Å²) in [4.78, 5) is 2.41. The zero-order valence-electron chi connectivity index (χ0n) is 11.1. The topological polar surface area (TPSA) is 24.5 Å². The van der Waals surface area contributed by atoms with Gasteiger partial charge in [-0.2, -0.15) is 0 Å². The molecule has 4 heteroatoms. The molecule has 1 aliphatic rings. The second-order valence-electron chi connectivity index (χ2n) is 4.65. The first-order valence-corrected chi connectivity index (χ1v) is 7.33. The molecule has 0 amide bonds. The van der Waals surface area contributed by atoms with Crippen molar-refractivity contribution in [2.75, 3.05) is 31.6 Å². The Balaban J connectivity index is 2.10. The summed E-state index contributed by atoms with van der Waals surface area (Å²) in [5.74, 6) is 0. The smallest absolute Gasteiger partial charge is 0.0748 e. The highest BCUT2D eigenvalue weighted by Gasteiger charge is 2.19. The Morgan fingerprint density at radius 3 is 3.00 bits per heavy atom. The van der Waals surface area contributed by atoms with E-state index in [1.54, 1.807) is 0 Å². The maximum absolute atomic E-state index is 5.71. The fourth-order valence-corrected chi connectivity index (χ4v) is 2.77. The van der Waals surface area contributed by atoms with Gasteiger partial charge in [0.25, 0.3) is 0 Å². The monoisotopic (exact) mass is 312 g/mol. The lowest BCUT2D eigenvalue weighted by Crippen LogP contribution is -2.42. The van der Waals surface area contributed by atoms with Gasteiger partial charge in [-0.1, -0.05) is 28.9 Å². The Morgan fingerprint density at radius 2 is 2.33 bits per heavy atom. The Hall–Kier alpha value is -0.580. The summed E-state index contributed by atoms with van der Waals surface area (Å²) in [5.41, 5.74) is 2.57. The van der Waals surface area contributed by atoms with Crippen LogP contribution in [0.3, 0.4) is 0 Å². The maximum atomic E-state index is 5.71. The zero-order chi connectivity index (χ0) is 13.0. The van der Waals surface area contributed by atoms with Crippen molar-refractivity contribution >= 4 is 21.6 Å². The third-order valence-corrected chi connectivity index (χ3v) is 4.10. The fraction of sp³-hybridized carbons (Fsp3) is 0.571. The maximum Gasteiger partial charge on any atom is 0.0748 e. The summed E-state index contributed by atoms with van der Waals surface area (Å²) in [6, 6.07) is 6.60. The zero-order valence-corrected chi connectivity index (χ0v) is 12.7. The molecule has 0 aromatic heterocycles. The van der Waals surface area contributed by atoms with E-state index in [0.29, 0.717) is 6.10 Å². The molecule has 1 saturated heterocycles. The molecule has 2 rings (SSSR count). The van der Waals surface area contributed by atoms with E-state index in [0.717, 1.165) is 32.7 Å². The average molecular weight is 313 g/mol. The van der Waals surface area contributed by atoms with Crippen molar-refractivity contribution in [3.63, 3.8) is 0 Å². The molecule has 0 radical (unpaired) electrons. The Labute approximate surface area is 118 Å². The van der Waals surface area contributed by atoms with Crippen LogP contribution in [-0.4, -0.2) is 32.8 Å². The number of nitrogens with one attached hydrogen (secondary N) is 1. The largest absolute Gasteiger partial charge is 0.375 e. The predicted molar refractivity (Wildman–Crippen MR) is 79.1 cm³/mol. The molecular weight excluding hydrogens is 292 g/mol. The van der Waals surface area contributed by atoms with Crippen LogP contribution in [-0.2, 0) is 11.3 Å². The molecule has 1 fully saturated rings. The third-order valence-electron chi connectivity index (χ3n) is 3.36. The lowest BCUT2D eigenvalue weighted by atomic mass is 10.1. The minimum absolute atomic E-state index is 0.370. The predicted octanol–water partition coefficient (Wildman–Crippen LogP) is 2.78. The number of anilines is 1. The minimum Gasteiger partial charge on any atom is -0.375 e. The van der Waals surface area contributed by atoms with Crippen molar-refractivity contribution in [2.24, 2.45) is 0 Å². The van der Waals surface area contributed by atoms with E-state index in [-0.39, 0.29) is 0 Å². The molecule has 100 valence electrons. The highest BCUT2D eigenvalue weighted by atomic mass is 79.9. The summed E-state index contributed by atoms with van der Waals surface area (Å²) < 4.78 is 6.88. The number of benzene rings is 1. The van der Waals surface area contributed by atoms with E-state index in [9.17, 15) is 0 Å². The van der Waals surface area contributed by atoms with Gasteiger partial charge >= 0.3 is 0 Å². The average Bonchev–Trinajstić information content (AvgIpc) is 2.41. The van der Waals surface area contributed by atoms with Crippen molar-refractivity contribution in [1.29, 1.82) is 0 Å². The van der Waals surface area contributed by atoms with E-state index >= 15 is 0 Å². The van der Waals surface area contributed by atoms with Gasteiger partial charge in [0.15, 0.2) is 0 Å². The standard InChI is InChI=1S/C14H21BrN2O/c1-3-13-10-17(6-7-18-13)12-5-4-11(9-16-2)14(15)8-12/h4-5,8,13,16H,3,6-7,9-10H2,1-2H3. The number of hydrogen-bond acceptors (Lipinski definition) is 3. The minimum atomic E-state index is 0.370. The highest BCUT2D eigenvalue weighted by molar-refractivity contribution is 9.10. The van der Waals surface area contributed by atoms with E-state index < -0.39 is 0 Å². The Morgan fingerprint density at radius 1 is 1.50 bits per heavy atom. The molecule has 3 nitrogen and oxygen atoms in total. The molecule has 1 aliphatic heterocycles. The van der Waals surface area contributed by atoms with Gasteiger partial charge in [0.2, 0.25) is 0 Å². The normalized spacial score (nSPS) is 20.2. The van der Waals surface area contributed by atoms with Crippen molar-refractivity contribution in [3.05, 3.63) is 28.2 Å². The first kappa shape index (κ1) is 13.8. The number of hydrogen-bond donors (Lipinski definition) is 1. The first-order valence-electron chi connectivity index (χ1n) is 6.54. The van der Waals surface area contributed by atoms with Gasteiger partial charge in [-0.25, -0.2) is 0 Å². The van der Waals surface area contributed by atoms with Crippen LogP contribution in [0.15, 0.2) is 22.7 Å². The third kappa shape index (κ3) is 3.25. The summed E-state index contributed by atoms with van der Waals surface area (Å²) >= 11 is 3.65. The number of morpholine rings is 1. The van der Waals surface area contributed by atoms with Gasteiger partial charge in [0.05, 0.1) is 12.7 Å². The van der Waals surface area contributed by atoms with E-state index in [1.807, 2.05) is 7.05 Å². The summed E-state index contributed by atoms with van der Waals surface area (Å²) in [6.45, 7) is 5.87. The van der Waals surface area contributed by atoms with Crippen LogP contribution in [0.1, 0.15) is 18.9 Å². The van der Waals surface area contributed by atoms with Crippen LogP contribution in [0, 0.1) is 0 Å². The number of halogens is 1. The van der Waals surface area contributed by atoms with Gasteiger partial charge < -0.3 is 15.0 Å². The molecule has 0 aliphatic carbocycles. The number of rotatable bonds is 4. The first-order chi connectivity index (χ1) is 8.74. The van der Waals surface area contributed by atoms with Gasteiger partial charge in [0, 0.05) is 29.8 Å². The Bertz CT molecular complexity index is 397. The van der Waals surface area contributed by atoms with Crippen molar-refractivity contribution in [3.8, 4) is 0 Å². The molecule has 1 atom stereocenters. The molecular formula is C14H21BrN2O. The van der Waals surface area contributed by atoms with E-state index in [1.165, 1.54) is 15.7 Å². The van der Waals surface area contributed by atoms with Crippen LogP contribution >= 0.6 is 15.9 Å². The molecule has 1 N–H and O–H groups in total. The molecule has 1 unspecified atom stereocenters. The lowest BCUT2D eigenvalue weighted by molar-refractivity contribution is 0.0384. The van der Waals surface area contributed by atoms with Crippen molar-refractivity contribution < 1.29 is 4.74 Å². The molecule has 1 heterocycles. The molecule has 0 saturated carbocycles. The molecule has 0 bridgehead atoms. The van der Waals surface area contributed by atoms with E-state index in [2.05, 4.69) is 51.3 Å². The highest BCUT2D eigenvalue weighted by Crippen LogP contribution is 2.25. The second kappa shape index (κ2) is 6.55. The van der Waals surface area contributed by atoms with Crippen molar-refractivity contribution in [2.45, 2.75) is 26.0 Å². The summed E-state index contributed by atoms with van der Waals surface area (Å²) in [6.07, 6.45) is 1.45. The SMILES string of the molecule is CCC1CN(c2ccc(CNC)c(Br)c2)CCO1. The number of nitrogens with zero attached hydrogens (tertiary/aromatic N) is 1. The summed E-state index contributed by atoms with van der Waals surface area (Å²) in [5, 5.41) is 3.18. The van der Waals surface area contributed by atoms with Gasteiger partial charge in [-0.3, -0.25) is 0 Å². The molecule has 1 aromatic carbocycles. The van der Waals surface area contributed by atoms with Crippen LogP contribution in [0.5, 0.6) is 0 Å². The van der Waals surface area contributed by atoms with Gasteiger partial charge in [-0.15, -0.1) is 0 Å². The lowest BCUT2D eigenvalue weighted by Gasteiger charge is -2.34. The molecule has 0 spiro atoms. The molecule has 1 aromatic rings. The quantitative estimate of drug-likeness (QED) is 0.925. The van der Waals surface area contributed by atoms with Crippen LogP contribution in [0.4, 0.5) is 5.69 Å². The number of ether oxygens (including phenoxy) is 1. The van der Waals surface area contributed by atoms with Crippen LogP contribution < -0.4 is 10.2 Å². The van der Waals surface area contributed by atoms with Crippen LogP contribution in [0.2, 0.25) is 0 Å². The van der Waals surface area contributed by atoms with Crippen LogP contribution in [0.25, 0.3) is 0 Å². The van der Waals surface area contributed by atoms with Crippen molar-refractivity contribution in [1.82, 2.24) is 5.32 Å². The van der Waals surface area contributed by atoms with Gasteiger partial charge in [0.1, 0.15) is 0 Å². The van der Waals surface area contributed by atoms with Gasteiger partial charge in [-0.05, 0) is 31.2 Å². The second-order valence-corrected chi connectivity index (χ2v) is 5.51. The van der Waals surface area contributed by atoms with E-state index in [4.69, 9.17) is 4.74 Å². The fourth-order valence-electron chi connectivity index (χ4n) is 2.27.